The molecule has 0 bridgehead atoms. The van der Waals surface area contributed by atoms with Crippen molar-refractivity contribution in [2.75, 3.05) is 6.61 Å². The minimum Gasteiger partial charge on any atom is -0.465 e. The SMILES string of the molecule is CCOC(=O)C(C)c1cnc(C(F)(F)F)cn1. The molecule has 0 spiro atoms. The molecule has 1 rings (SSSR count). The van der Waals surface area contributed by atoms with Crippen LogP contribution in [0.5, 0.6) is 0 Å². The summed E-state index contributed by atoms with van der Waals surface area (Å²) < 4.78 is 41.3. The molecule has 0 fully saturated rings. The highest BCUT2D eigenvalue weighted by atomic mass is 19.4. The van der Waals surface area contributed by atoms with E-state index in [1.54, 1.807) is 6.92 Å². The number of aromatic nitrogens is 2. The van der Waals surface area contributed by atoms with Gasteiger partial charge in [0, 0.05) is 6.20 Å². The van der Waals surface area contributed by atoms with Gasteiger partial charge in [-0.05, 0) is 13.8 Å². The standard InChI is InChI=1S/C10H11F3N2O2/c1-3-17-9(16)6(2)7-4-15-8(5-14-7)10(11,12)13/h4-6H,3H2,1-2H3. The lowest BCUT2D eigenvalue weighted by molar-refractivity contribution is -0.144. The van der Waals surface area contributed by atoms with E-state index in [0.29, 0.717) is 6.20 Å². The van der Waals surface area contributed by atoms with Crippen molar-refractivity contribution in [1.82, 2.24) is 9.97 Å². The first-order valence-corrected chi connectivity index (χ1v) is 4.92. The van der Waals surface area contributed by atoms with E-state index in [0.717, 1.165) is 6.20 Å². The van der Waals surface area contributed by atoms with Crippen LogP contribution in [-0.2, 0) is 15.7 Å². The van der Waals surface area contributed by atoms with E-state index >= 15 is 0 Å². The van der Waals surface area contributed by atoms with Gasteiger partial charge in [0.2, 0.25) is 0 Å². The van der Waals surface area contributed by atoms with E-state index in [9.17, 15) is 18.0 Å². The lowest BCUT2D eigenvalue weighted by Gasteiger charge is -2.10. The van der Waals surface area contributed by atoms with Crippen molar-refractivity contribution < 1.29 is 22.7 Å². The van der Waals surface area contributed by atoms with E-state index in [2.05, 4.69) is 9.97 Å². The van der Waals surface area contributed by atoms with E-state index in [4.69, 9.17) is 4.74 Å². The van der Waals surface area contributed by atoms with Crippen molar-refractivity contribution in [2.45, 2.75) is 25.9 Å². The summed E-state index contributed by atoms with van der Waals surface area (Å²) in [6.07, 6.45) is -2.99. The van der Waals surface area contributed by atoms with Crippen molar-refractivity contribution >= 4 is 5.97 Å². The lowest BCUT2D eigenvalue weighted by atomic mass is 10.1. The minimum absolute atomic E-state index is 0.149. The Labute approximate surface area is 95.8 Å². The molecule has 4 nitrogen and oxygen atoms in total. The summed E-state index contributed by atoms with van der Waals surface area (Å²) in [7, 11) is 0. The fourth-order valence-electron chi connectivity index (χ4n) is 1.10. The van der Waals surface area contributed by atoms with Crippen LogP contribution < -0.4 is 0 Å². The predicted octanol–water partition coefficient (Wildman–Crippen LogP) is 2.16. The zero-order chi connectivity index (χ0) is 13.1. The summed E-state index contributed by atoms with van der Waals surface area (Å²) in [5.74, 6) is -1.27. The van der Waals surface area contributed by atoms with E-state index in [1.165, 1.54) is 6.92 Å². The molecule has 7 heteroatoms. The molecule has 0 aromatic carbocycles. The van der Waals surface area contributed by atoms with E-state index in [1.807, 2.05) is 0 Å². The Balaban J connectivity index is 2.84. The van der Waals surface area contributed by atoms with Gasteiger partial charge in [0.25, 0.3) is 0 Å². The smallest absolute Gasteiger partial charge is 0.434 e. The topological polar surface area (TPSA) is 52.1 Å². The summed E-state index contributed by atoms with van der Waals surface area (Å²) >= 11 is 0. The average Bonchev–Trinajstić information content (AvgIpc) is 2.27. The molecular weight excluding hydrogens is 237 g/mol. The molecule has 1 aromatic heterocycles. The zero-order valence-electron chi connectivity index (χ0n) is 9.28. The maximum absolute atomic E-state index is 12.2. The van der Waals surface area contributed by atoms with Gasteiger partial charge in [-0.25, -0.2) is 4.98 Å². The first-order chi connectivity index (χ1) is 7.86. The molecule has 0 aliphatic heterocycles. The molecular formula is C10H11F3N2O2. The van der Waals surface area contributed by atoms with Crippen molar-refractivity contribution in [3.63, 3.8) is 0 Å². The number of hydrogen-bond acceptors (Lipinski definition) is 4. The fourth-order valence-corrected chi connectivity index (χ4v) is 1.10. The molecule has 0 saturated heterocycles. The second-order valence-electron chi connectivity index (χ2n) is 3.30. The molecule has 1 heterocycles. The van der Waals surface area contributed by atoms with Gasteiger partial charge in [-0.1, -0.05) is 0 Å². The van der Waals surface area contributed by atoms with Crippen molar-refractivity contribution in [1.29, 1.82) is 0 Å². The number of nitrogens with zero attached hydrogens (tertiary/aromatic N) is 2. The Morgan fingerprint density at radius 3 is 2.47 bits per heavy atom. The molecule has 1 aromatic rings. The highest BCUT2D eigenvalue weighted by Crippen LogP contribution is 2.27. The summed E-state index contributed by atoms with van der Waals surface area (Å²) in [4.78, 5) is 18.1. The number of alkyl halides is 3. The summed E-state index contributed by atoms with van der Waals surface area (Å²) in [5.41, 5.74) is -0.936. The van der Waals surface area contributed by atoms with Crippen LogP contribution in [0.15, 0.2) is 12.4 Å². The third-order valence-electron chi connectivity index (χ3n) is 2.05. The van der Waals surface area contributed by atoms with Crippen LogP contribution in [-0.4, -0.2) is 22.5 Å². The largest absolute Gasteiger partial charge is 0.465 e. The number of halogens is 3. The summed E-state index contributed by atoms with van der Waals surface area (Å²) in [6, 6.07) is 0. The van der Waals surface area contributed by atoms with E-state index in [-0.39, 0.29) is 12.3 Å². The second-order valence-corrected chi connectivity index (χ2v) is 3.30. The van der Waals surface area contributed by atoms with Gasteiger partial charge in [-0.3, -0.25) is 9.78 Å². The number of ether oxygens (including phenoxy) is 1. The highest BCUT2D eigenvalue weighted by molar-refractivity contribution is 5.76. The number of carbonyl (C=O) groups is 1. The van der Waals surface area contributed by atoms with Gasteiger partial charge in [-0.15, -0.1) is 0 Å². The number of hydrogen-bond donors (Lipinski definition) is 0. The van der Waals surface area contributed by atoms with Gasteiger partial charge in [0.15, 0.2) is 5.69 Å². The Morgan fingerprint density at radius 2 is 2.06 bits per heavy atom. The maximum Gasteiger partial charge on any atom is 0.434 e. The molecule has 0 radical (unpaired) electrons. The van der Waals surface area contributed by atoms with Crippen LogP contribution in [0.25, 0.3) is 0 Å². The van der Waals surface area contributed by atoms with Gasteiger partial charge in [-0.2, -0.15) is 13.2 Å². The van der Waals surface area contributed by atoms with Crippen molar-refractivity contribution in [3.8, 4) is 0 Å². The van der Waals surface area contributed by atoms with Crippen molar-refractivity contribution in [3.05, 3.63) is 23.8 Å². The molecule has 1 atom stereocenters. The molecule has 94 valence electrons. The Kier molecular flexibility index (Phi) is 4.03. The maximum atomic E-state index is 12.2. The molecule has 0 amide bonds. The molecule has 0 aliphatic carbocycles. The fraction of sp³-hybridized carbons (Fsp3) is 0.500. The summed E-state index contributed by atoms with van der Waals surface area (Å²) in [5, 5.41) is 0. The monoisotopic (exact) mass is 248 g/mol. The molecule has 17 heavy (non-hydrogen) atoms. The molecule has 1 unspecified atom stereocenters. The Bertz CT molecular complexity index is 390. The minimum atomic E-state index is -4.53. The van der Waals surface area contributed by atoms with Crippen LogP contribution in [0.1, 0.15) is 31.2 Å². The number of esters is 1. The van der Waals surface area contributed by atoms with Crippen LogP contribution >= 0.6 is 0 Å². The van der Waals surface area contributed by atoms with Crippen LogP contribution in [0.4, 0.5) is 13.2 Å². The third kappa shape index (κ3) is 3.40. The Hall–Kier alpha value is -1.66. The normalized spacial score (nSPS) is 13.2. The predicted molar refractivity (Wildman–Crippen MR) is 52.1 cm³/mol. The summed E-state index contributed by atoms with van der Waals surface area (Å²) in [6.45, 7) is 3.34. The third-order valence-corrected chi connectivity index (χ3v) is 2.05. The molecule has 0 aliphatic rings. The van der Waals surface area contributed by atoms with Gasteiger partial charge in [0.1, 0.15) is 0 Å². The zero-order valence-corrected chi connectivity index (χ0v) is 9.28. The Morgan fingerprint density at radius 1 is 1.41 bits per heavy atom. The van der Waals surface area contributed by atoms with Crippen LogP contribution in [0.3, 0.4) is 0 Å². The van der Waals surface area contributed by atoms with Crippen LogP contribution in [0.2, 0.25) is 0 Å². The van der Waals surface area contributed by atoms with Gasteiger partial charge in [0.05, 0.1) is 24.4 Å². The van der Waals surface area contributed by atoms with Gasteiger partial charge < -0.3 is 4.74 Å². The first kappa shape index (κ1) is 13.4. The lowest BCUT2D eigenvalue weighted by Crippen LogP contribution is -2.16. The van der Waals surface area contributed by atoms with Crippen molar-refractivity contribution in [2.24, 2.45) is 0 Å². The molecule has 0 N–H and O–H groups in total. The van der Waals surface area contributed by atoms with Gasteiger partial charge >= 0.3 is 12.1 Å². The first-order valence-electron chi connectivity index (χ1n) is 4.92. The highest BCUT2D eigenvalue weighted by Gasteiger charge is 2.33. The number of rotatable bonds is 3. The quantitative estimate of drug-likeness (QED) is 0.769. The number of carbonyl (C=O) groups excluding carboxylic acids is 1. The average molecular weight is 248 g/mol. The van der Waals surface area contributed by atoms with E-state index < -0.39 is 23.8 Å². The van der Waals surface area contributed by atoms with Crippen LogP contribution in [0, 0.1) is 0 Å². The molecule has 0 saturated carbocycles. The second kappa shape index (κ2) is 5.11.